The molecule has 4 nitrogen and oxygen atoms in total. The van der Waals surface area contributed by atoms with Gasteiger partial charge < -0.3 is 10.1 Å². The summed E-state index contributed by atoms with van der Waals surface area (Å²) in [4.78, 5) is 0. The van der Waals surface area contributed by atoms with Gasteiger partial charge in [0.05, 0.1) is 12.8 Å². The predicted molar refractivity (Wildman–Crippen MR) is 71.6 cm³/mol. The van der Waals surface area contributed by atoms with Crippen molar-refractivity contribution >= 4 is 0 Å². The second kappa shape index (κ2) is 6.21. The summed E-state index contributed by atoms with van der Waals surface area (Å²) in [5.74, 6) is 0.914. The quantitative estimate of drug-likeness (QED) is 0.788. The fraction of sp³-hybridized carbons (Fsp3) is 0.357. The minimum absolute atomic E-state index is 0.810. The van der Waals surface area contributed by atoms with Crippen LogP contribution in [0.1, 0.15) is 11.3 Å². The molecule has 0 saturated heterocycles. The highest BCUT2D eigenvalue weighted by Crippen LogP contribution is 2.12. The highest BCUT2D eigenvalue weighted by atomic mass is 16.5. The van der Waals surface area contributed by atoms with E-state index >= 15 is 0 Å². The van der Waals surface area contributed by atoms with Crippen LogP contribution in [0.3, 0.4) is 0 Å². The van der Waals surface area contributed by atoms with E-state index in [-0.39, 0.29) is 0 Å². The molecule has 0 aliphatic rings. The lowest BCUT2D eigenvalue weighted by molar-refractivity contribution is 0.414. The van der Waals surface area contributed by atoms with Gasteiger partial charge in [-0.15, -0.1) is 0 Å². The summed E-state index contributed by atoms with van der Waals surface area (Å²) in [5.41, 5.74) is 2.35. The van der Waals surface area contributed by atoms with Gasteiger partial charge >= 0.3 is 0 Å². The average molecular weight is 245 g/mol. The van der Waals surface area contributed by atoms with Crippen molar-refractivity contribution in [3.8, 4) is 5.75 Å². The van der Waals surface area contributed by atoms with Crippen LogP contribution >= 0.6 is 0 Å². The third kappa shape index (κ3) is 3.60. The molecule has 0 saturated carbocycles. The molecular formula is C14H19N3O. The topological polar surface area (TPSA) is 39.1 Å². The highest BCUT2D eigenvalue weighted by molar-refractivity contribution is 5.28. The molecule has 0 aliphatic heterocycles. The van der Waals surface area contributed by atoms with E-state index in [1.165, 1.54) is 5.56 Å². The molecule has 0 radical (unpaired) electrons. The normalized spacial score (nSPS) is 10.6. The van der Waals surface area contributed by atoms with Crippen LogP contribution in [-0.2, 0) is 20.0 Å². The largest absolute Gasteiger partial charge is 0.497 e. The summed E-state index contributed by atoms with van der Waals surface area (Å²) < 4.78 is 7.02. The van der Waals surface area contributed by atoms with Crippen molar-refractivity contribution in [3.05, 3.63) is 47.8 Å². The number of hydrogen-bond donors (Lipinski definition) is 1. The maximum Gasteiger partial charge on any atom is 0.119 e. The minimum Gasteiger partial charge on any atom is -0.497 e. The fourth-order valence-corrected chi connectivity index (χ4v) is 1.83. The lowest BCUT2D eigenvalue weighted by atomic mass is 10.1. The Kier molecular flexibility index (Phi) is 4.36. The van der Waals surface area contributed by atoms with Gasteiger partial charge in [-0.05, 0) is 36.7 Å². The van der Waals surface area contributed by atoms with Crippen molar-refractivity contribution in [1.82, 2.24) is 15.1 Å². The SMILES string of the molecule is COc1cccc(CCNCc2ccn(C)n2)c1. The molecule has 0 fully saturated rings. The number of nitrogens with one attached hydrogen (secondary N) is 1. The van der Waals surface area contributed by atoms with E-state index in [0.29, 0.717) is 0 Å². The molecule has 0 amide bonds. The summed E-state index contributed by atoms with van der Waals surface area (Å²) in [6.45, 7) is 1.74. The van der Waals surface area contributed by atoms with Gasteiger partial charge in [0.25, 0.3) is 0 Å². The number of ether oxygens (including phenoxy) is 1. The number of hydrogen-bond acceptors (Lipinski definition) is 3. The van der Waals surface area contributed by atoms with Gasteiger partial charge in [-0.25, -0.2) is 0 Å². The molecule has 18 heavy (non-hydrogen) atoms. The maximum absolute atomic E-state index is 5.20. The minimum atomic E-state index is 0.810. The van der Waals surface area contributed by atoms with Crippen molar-refractivity contribution in [3.63, 3.8) is 0 Å². The van der Waals surface area contributed by atoms with Crippen molar-refractivity contribution in [2.75, 3.05) is 13.7 Å². The van der Waals surface area contributed by atoms with Crippen LogP contribution in [0.5, 0.6) is 5.75 Å². The summed E-state index contributed by atoms with van der Waals surface area (Å²) in [5, 5.41) is 7.70. The van der Waals surface area contributed by atoms with Crippen LogP contribution < -0.4 is 10.1 Å². The van der Waals surface area contributed by atoms with Crippen molar-refractivity contribution in [1.29, 1.82) is 0 Å². The van der Waals surface area contributed by atoms with Crippen molar-refractivity contribution in [2.24, 2.45) is 7.05 Å². The first kappa shape index (κ1) is 12.6. The van der Waals surface area contributed by atoms with Crippen LogP contribution in [-0.4, -0.2) is 23.4 Å². The smallest absolute Gasteiger partial charge is 0.119 e. The molecule has 0 atom stereocenters. The molecule has 0 bridgehead atoms. The van der Waals surface area contributed by atoms with E-state index in [1.807, 2.05) is 36.1 Å². The molecule has 1 heterocycles. The van der Waals surface area contributed by atoms with Gasteiger partial charge in [0.2, 0.25) is 0 Å². The molecule has 1 aromatic carbocycles. The van der Waals surface area contributed by atoms with Gasteiger partial charge in [0.15, 0.2) is 0 Å². The third-order valence-corrected chi connectivity index (χ3v) is 2.80. The van der Waals surface area contributed by atoms with Crippen molar-refractivity contribution < 1.29 is 4.74 Å². The summed E-state index contributed by atoms with van der Waals surface area (Å²) >= 11 is 0. The zero-order valence-electron chi connectivity index (χ0n) is 10.9. The number of rotatable bonds is 6. The number of aromatic nitrogens is 2. The molecule has 0 unspecified atom stereocenters. The van der Waals surface area contributed by atoms with Gasteiger partial charge in [-0.2, -0.15) is 5.10 Å². The Balaban J connectivity index is 1.74. The first-order chi connectivity index (χ1) is 8.78. The zero-order chi connectivity index (χ0) is 12.8. The molecule has 1 aromatic heterocycles. The highest BCUT2D eigenvalue weighted by Gasteiger charge is 1.98. The van der Waals surface area contributed by atoms with Gasteiger partial charge in [-0.3, -0.25) is 4.68 Å². The van der Waals surface area contributed by atoms with Crippen molar-refractivity contribution in [2.45, 2.75) is 13.0 Å². The molecule has 0 spiro atoms. The standard InChI is InChI=1S/C14H19N3O/c1-17-9-7-13(16-17)11-15-8-6-12-4-3-5-14(10-12)18-2/h3-5,7,9-10,15H,6,8,11H2,1-2H3. The first-order valence-corrected chi connectivity index (χ1v) is 6.10. The number of benzene rings is 1. The summed E-state index contributed by atoms with van der Waals surface area (Å²) in [7, 11) is 3.62. The second-order valence-electron chi connectivity index (χ2n) is 4.26. The Morgan fingerprint density at radius 3 is 2.94 bits per heavy atom. The molecule has 1 N–H and O–H groups in total. The molecular weight excluding hydrogens is 226 g/mol. The Hall–Kier alpha value is -1.81. The summed E-state index contributed by atoms with van der Waals surface area (Å²) in [6, 6.07) is 10.2. The van der Waals surface area contributed by atoms with Gasteiger partial charge in [-0.1, -0.05) is 12.1 Å². The lowest BCUT2D eigenvalue weighted by Gasteiger charge is -2.05. The second-order valence-corrected chi connectivity index (χ2v) is 4.26. The van der Waals surface area contributed by atoms with Crippen LogP contribution in [0.15, 0.2) is 36.5 Å². The molecule has 2 rings (SSSR count). The van der Waals surface area contributed by atoms with E-state index in [9.17, 15) is 0 Å². The van der Waals surface area contributed by atoms with Crippen LogP contribution in [0.25, 0.3) is 0 Å². The predicted octanol–water partition coefficient (Wildman–Crippen LogP) is 1.76. The first-order valence-electron chi connectivity index (χ1n) is 6.10. The zero-order valence-corrected chi connectivity index (χ0v) is 10.9. The Morgan fingerprint density at radius 1 is 1.33 bits per heavy atom. The Labute approximate surface area is 108 Å². The van der Waals surface area contributed by atoms with Crippen LogP contribution in [0, 0.1) is 0 Å². The molecule has 4 heteroatoms. The lowest BCUT2D eigenvalue weighted by Crippen LogP contribution is -2.17. The number of aryl methyl sites for hydroxylation is 1. The van der Waals surface area contributed by atoms with Gasteiger partial charge in [0, 0.05) is 19.8 Å². The third-order valence-electron chi connectivity index (χ3n) is 2.80. The molecule has 0 aliphatic carbocycles. The Morgan fingerprint density at radius 2 is 2.22 bits per heavy atom. The van der Waals surface area contributed by atoms with E-state index < -0.39 is 0 Å². The van der Waals surface area contributed by atoms with E-state index in [1.54, 1.807) is 7.11 Å². The van der Waals surface area contributed by atoms with Gasteiger partial charge in [0.1, 0.15) is 5.75 Å². The van der Waals surface area contributed by atoms with E-state index in [2.05, 4.69) is 22.5 Å². The molecule has 2 aromatic rings. The van der Waals surface area contributed by atoms with Crippen LogP contribution in [0.2, 0.25) is 0 Å². The van der Waals surface area contributed by atoms with E-state index in [0.717, 1.165) is 31.0 Å². The van der Waals surface area contributed by atoms with E-state index in [4.69, 9.17) is 4.74 Å². The van der Waals surface area contributed by atoms with Crippen LogP contribution in [0.4, 0.5) is 0 Å². The summed E-state index contributed by atoms with van der Waals surface area (Å²) in [6.07, 6.45) is 2.95. The number of methoxy groups -OCH3 is 1. The molecule has 96 valence electrons. The monoisotopic (exact) mass is 245 g/mol. The average Bonchev–Trinajstić information content (AvgIpc) is 2.81. The fourth-order valence-electron chi connectivity index (χ4n) is 1.83. The Bertz CT molecular complexity index is 493. The maximum atomic E-state index is 5.20. The number of nitrogens with zero attached hydrogens (tertiary/aromatic N) is 2.